The molecule has 1 saturated heterocycles. The zero-order chi connectivity index (χ0) is 20.2. The van der Waals surface area contributed by atoms with Crippen LogP contribution in [-0.4, -0.2) is 29.2 Å². The molecule has 3 aromatic rings. The van der Waals surface area contributed by atoms with Gasteiger partial charge in [0, 0.05) is 24.3 Å². The lowest BCUT2D eigenvalue weighted by Crippen LogP contribution is -2.41. The van der Waals surface area contributed by atoms with Gasteiger partial charge in [0.05, 0.1) is 11.6 Å². The maximum atomic E-state index is 12.8. The average Bonchev–Trinajstić information content (AvgIpc) is 2.74. The Balaban J connectivity index is 1.43. The minimum atomic E-state index is -0.0554. The van der Waals surface area contributed by atoms with Crippen molar-refractivity contribution in [3.05, 3.63) is 71.8 Å². The molecule has 148 valence electrons. The lowest BCUT2D eigenvalue weighted by Gasteiger charge is -2.32. The number of carbonyl (C=O) groups is 1. The first-order chi connectivity index (χ1) is 14.1. The van der Waals surface area contributed by atoms with Crippen LogP contribution in [0.2, 0.25) is 0 Å². The van der Waals surface area contributed by atoms with Crippen LogP contribution in [0.3, 0.4) is 0 Å². The van der Waals surface area contributed by atoms with Gasteiger partial charge in [-0.25, -0.2) is 0 Å². The fourth-order valence-corrected chi connectivity index (χ4v) is 3.95. The average molecular weight is 386 g/mol. The Labute approximate surface area is 171 Å². The van der Waals surface area contributed by atoms with Crippen molar-refractivity contribution in [2.45, 2.75) is 26.7 Å². The van der Waals surface area contributed by atoms with Crippen LogP contribution in [0.4, 0.5) is 11.5 Å². The van der Waals surface area contributed by atoms with Crippen LogP contribution >= 0.6 is 0 Å². The Bertz CT molecular complexity index is 965. The number of rotatable bonds is 4. The molecule has 1 N–H and O–H groups in total. The van der Waals surface area contributed by atoms with Crippen molar-refractivity contribution in [3.8, 4) is 11.3 Å². The van der Waals surface area contributed by atoms with Crippen LogP contribution in [0.1, 0.15) is 24.0 Å². The number of piperidine rings is 1. The Morgan fingerprint density at radius 1 is 1.00 bits per heavy atom. The molecule has 1 fully saturated rings. The number of nitrogens with zero attached hydrogens (tertiary/aromatic N) is 3. The number of amides is 1. The first-order valence-electron chi connectivity index (χ1n) is 10.1. The molecule has 0 spiro atoms. The van der Waals surface area contributed by atoms with Crippen molar-refractivity contribution in [2.24, 2.45) is 5.92 Å². The normalized spacial score (nSPS) is 16.5. The van der Waals surface area contributed by atoms with E-state index in [4.69, 9.17) is 0 Å². The lowest BCUT2D eigenvalue weighted by molar-refractivity contribution is -0.120. The standard InChI is InChI=1S/C24H26N4O/c1-17-13-18(2)15-21(14-17)25-24(29)20-9-6-12-28(16-20)23-11-10-22(26-27-23)19-7-4-3-5-8-19/h3-5,7-8,10-11,13-15,20H,6,9,12,16H2,1-2H3,(H,25,29). The summed E-state index contributed by atoms with van der Waals surface area (Å²) in [5.41, 5.74) is 5.08. The molecule has 4 rings (SSSR count). The summed E-state index contributed by atoms with van der Waals surface area (Å²) in [6, 6.07) is 20.2. The van der Waals surface area contributed by atoms with E-state index < -0.39 is 0 Å². The smallest absolute Gasteiger partial charge is 0.229 e. The van der Waals surface area contributed by atoms with E-state index in [1.165, 1.54) is 0 Å². The summed E-state index contributed by atoms with van der Waals surface area (Å²) in [7, 11) is 0. The van der Waals surface area contributed by atoms with E-state index >= 15 is 0 Å². The molecule has 1 unspecified atom stereocenters. The fraction of sp³-hybridized carbons (Fsp3) is 0.292. The molecule has 5 nitrogen and oxygen atoms in total. The maximum Gasteiger partial charge on any atom is 0.229 e. The number of carbonyl (C=O) groups excluding carboxylic acids is 1. The Morgan fingerprint density at radius 3 is 2.45 bits per heavy atom. The van der Waals surface area contributed by atoms with Gasteiger partial charge in [0.15, 0.2) is 5.82 Å². The van der Waals surface area contributed by atoms with Crippen molar-refractivity contribution >= 4 is 17.4 Å². The molecule has 2 aromatic carbocycles. The first kappa shape index (κ1) is 19.1. The summed E-state index contributed by atoms with van der Waals surface area (Å²) in [5.74, 6) is 0.849. The number of nitrogens with one attached hydrogen (secondary N) is 1. The SMILES string of the molecule is Cc1cc(C)cc(NC(=O)C2CCCN(c3ccc(-c4ccccc4)nn3)C2)c1. The van der Waals surface area contributed by atoms with Gasteiger partial charge in [0.2, 0.25) is 5.91 Å². The van der Waals surface area contributed by atoms with Gasteiger partial charge in [-0.2, -0.15) is 0 Å². The number of hydrogen-bond donors (Lipinski definition) is 1. The highest BCUT2D eigenvalue weighted by Gasteiger charge is 2.27. The zero-order valence-electron chi connectivity index (χ0n) is 16.9. The molecule has 1 amide bonds. The van der Waals surface area contributed by atoms with Gasteiger partial charge in [-0.15, -0.1) is 10.2 Å². The zero-order valence-corrected chi connectivity index (χ0v) is 16.9. The fourth-order valence-electron chi connectivity index (χ4n) is 3.95. The number of aryl methyl sites for hydroxylation is 2. The molecular weight excluding hydrogens is 360 g/mol. The van der Waals surface area contributed by atoms with Gasteiger partial charge in [-0.3, -0.25) is 4.79 Å². The second-order valence-corrected chi connectivity index (χ2v) is 7.79. The molecule has 0 radical (unpaired) electrons. The van der Waals surface area contributed by atoms with Gasteiger partial charge >= 0.3 is 0 Å². The minimum absolute atomic E-state index is 0.0554. The van der Waals surface area contributed by atoms with Crippen LogP contribution in [-0.2, 0) is 4.79 Å². The van der Waals surface area contributed by atoms with Crippen LogP contribution in [0.5, 0.6) is 0 Å². The van der Waals surface area contributed by atoms with Crippen molar-refractivity contribution in [1.29, 1.82) is 0 Å². The van der Waals surface area contributed by atoms with E-state index in [-0.39, 0.29) is 11.8 Å². The van der Waals surface area contributed by atoms with Crippen molar-refractivity contribution in [3.63, 3.8) is 0 Å². The Morgan fingerprint density at radius 2 is 1.76 bits per heavy atom. The molecule has 0 saturated carbocycles. The molecule has 1 aromatic heterocycles. The van der Waals surface area contributed by atoms with Gasteiger partial charge in [0.25, 0.3) is 0 Å². The van der Waals surface area contributed by atoms with Gasteiger partial charge in [0.1, 0.15) is 0 Å². The van der Waals surface area contributed by atoms with Gasteiger partial charge < -0.3 is 10.2 Å². The van der Waals surface area contributed by atoms with Gasteiger partial charge in [-0.05, 0) is 62.1 Å². The monoisotopic (exact) mass is 386 g/mol. The van der Waals surface area contributed by atoms with E-state index in [9.17, 15) is 4.79 Å². The molecule has 5 heteroatoms. The Hall–Kier alpha value is -3.21. The summed E-state index contributed by atoms with van der Waals surface area (Å²) in [6.45, 7) is 5.65. The molecule has 2 heterocycles. The van der Waals surface area contributed by atoms with E-state index in [0.29, 0.717) is 6.54 Å². The second-order valence-electron chi connectivity index (χ2n) is 7.79. The largest absolute Gasteiger partial charge is 0.354 e. The number of hydrogen-bond acceptors (Lipinski definition) is 4. The third-order valence-electron chi connectivity index (χ3n) is 5.33. The molecule has 1 aliphatic rings. The summed E-state index contributed by atoms with van der Waals surface area (Å²) in [5, 5.41) is 11.9. The van der Waals surface area contributed by atoms with Crippen LogP contribution < -0.4 is 10.2 Å². The maximum absolute atomic E-state index is 12.8. The third kappa shape index (κ3) is 4.62. The highest BCUT2D eigenvalue weighted by molar-refractivity contribution is 5.93. The topological polar surface area (TPSA) is 58.1 Å². The molecule has 0 aliphatic carbocycles. The summed E-state index contributed by atoms with van der Waals surface area (Å²) in [6.07, 6.45) is 1.86. The van der Waals surface area contributed by atoms with Gasteiger partial charge in [-0.1, -0.05) is 36.4 Å². The Kier molecular flexibility index (Phi) is 5.56. The molecule has 1 atom stereocenters. The first-order valence-corrected chi connectivity index (χ1v) is 10.1. The quantitative estimate of drug-likeness (QED) is 0.711. The van der Waals surface area contributed by atoms with Crippen LogP contribution in [0.25, 0.3) is 11.3 Å². The molecule has 29 heavy (non-hydrogen) atoms. The van der Waals surface area contributed by atoms with E-state index in [2.05, 4.69) is 26.5 Å². The van der Waals surface area contributed by atoms with Crippen molar-refractivity contribution in [1.82, 2.24) is 10.2 Å². The van der Waals surface area contributed by atoms with E-state index in [0.717, 1.165) is 53.3 Å². The highest BCUT2D eigenvalue weighted by atomic mass is 16.1. The predicted molar refractivity (Wildman–Crippen MR) is 117 cm³/mol. The third-order valence-corrected chi connectivity index (χ3v) is 5.33. The second kappa shape index (κ2) is 8.43. The molecule has 0 bridgehead atoms. The van der Waals surface area contributed by atoms with Crippen LogP contribution in [0, 0.1) is 19.8 Å². The summed E-state index contributed by atoms with van der Waals surface area (Å²) in [4.78, 5) is 15.0. The number of anilines is 2. The van der Waals surface area contributed by atoms with E-state index in [1.807, 2.05) is 68.4 Å². The summed E-state index contributed by atoms with van der Waals surface area (Å²) < 4.78 is 0. The lowest BCUT2D eigenvalue weighted by atomic mass is 9.97. The highest BCUT2D eigenvalue weighted by Crippen LogP contribution is 2.24. The number of benzene rings is 2. The summed E-state index contributed by atoms with van der Waals surface area (Å²) >= 11 is 0. The minimum Gasteiger partial charge on any atom is -0.354 e. The predicted octanol–water partition coefficient (Wildman–Crippen LogP) is 4.62. The van der Waals surface area contributed by atoms with Crippen LogP contribution in [0.15, 0.2) is 60.7 Å². The number of aromatic nitrogens is 2. The van der Waals surface area contributed by atoms with Crippen molar-refractivity contribution in [2.75, 3.05) is 23.3 Å². The van der Waals surface area contributed by atoms with E-state index in [1.54, 1.807) is 0 Å². The van der Waals surface area contributed by atoms with Crippen molar-refractivity contribution < 1.29 is 4.79 Å². The molecule has 1 aliphatic heterocycles. The molecular formula is C24H26N4O.